The van der Waals surface area contributed by atoms with Gasteiger partial charge in [0, 0.05) is 25.2 Å². The van der Waals surface area contributed by atoms with E-state index in [0.29, 0.717) is 19.6 Å². The lowest BCUT2D eigenvalue weighted by atomic mass is 9.92. The monoisotopic (exact) mass is 236 g/mol. The molecular weight excluding hydrogens is 217 g/mol. The number of nitrogens with zero attached hydrogens (tertiary/aromatic N) is 1. The third-order valence-electron chi connectivity index (χ3n) is 2.86. The van der Waals surface area contributed by atoms with Crippen molar-refractivity contribution in [3.05, 3.63) is 11.6 Å². The van der Waals surface area contributed by atoms with E-state index in [-0.39, 0.29) is 11.8 Å². The average Bonchev–Trinajstić information content (AvgIpc) is 2.16. The molecule has 1 aliphatic heterocycles. The molecule has 0 aliphatic carbocycles. The maximum Gasteiger partial charge on any atom is 0.412 e. The summed E-state index contributed by atoms with van der Waals surface area (Å²) < 4.78 is 37.1. The molecule has 0 aromatic heterocycles. The zero-order chi connectivity index (χ0) is 12.4. The summed E-state index contributed by atoms with van der Waals surface area (Å²) in [6.07, 6.45) is -2.78. The summed E-state index contributed by atoms with van der Waals surface area (Å²) >= 11 is 0. The van der Waals surface area contributed by atoms with Crippen LogP contribution in [0.5, 0.6) is 0 Å². The molecule has 0 radical (unpaired) electrons. The highest BCUT2D eigenvalue weighted by atomic mass is 19.4. The lowest BCUT2D eigenvalue weighted by Gasteiger charge is -2.33. The first kappa shape index (κ1) is 13.5. The van der Waals surface area contributed by atoms with E-state index in [0.717, 1.165) is 6.54 Å². The molecule has 0 saturated carbocycles. The van der Waals surface area contributed by atoms with Crippen LogP contribution in [0, 0.1) is 5.41 Å². The van der Waals surface area contributed by atoms with E-state index in [1.165, 1.54) is 6.08 Å². The summed E-state index contributed by atoms with van der Waals surface area (Å²) in [5.41, 5.74) is 5.17. The van der Waals surface area contributed by atoms with Crippen molar-refractivity contribution in [2.45, 2.75) is 26.4 Å². The number of hydrogen-bond acceptors (Lipinski definition) is 2. The van der Waals surface area contributed by atoms with Crippen molar-refractivity contribution in [1.29, 1.82) is 0 Å². The molecule has 0 fully saturated rings. The average molecular weight is 236 g/mol. The minimum Gasteiger partial charge on any atom is -0.330 e. The van der Waals surface area contributed by atoms with Crippen molar-refractivity contribution < 1.29 is 13.2 Å². The second-order valence-electron chi connectivity index (χ2n) is 5.08. The summed E-state index contributed by atoms with van der Waals surface area (Å²) in [4.78, 5) is 2.02. The molecule has 2 N–H and O–H groups in total. The van der Waals surface area contributed by atoms with Gasteiger partial charge in [-0.3, -0.25) is 4.90 Å². The highest BCUT2D eigenvalue weighted by Gasteiger charge is 2.35. The van der Waals surface area contributed by atoms with Gasteiger partial charge in [-0.1, -0.05) is 19.9 Å². The van der Waals surface area contributed by atoms with Crippen LogP contribution >= 0.6 is 0 Å². The van der Waals surface area contributed by atoms with Crippen LogP contribution in [0.3, 0.4) is 0 Å². The Hall–Kier alpha value is -0.550. The Kier molecular flexibility index (Phi) is 4.02. The minimum atomic E-state index is -4.16. The first-order valence-corrected chi connectivity index (χ1v) is 5.43. The van der Waals surface area contributed by atoms with Crippen LogP contribution in [0.25, 0.3) is 0 Å². The SMILES string of the molecule is CC(C)(CN)CN1CC=C(C(F)(F)F)CC1. The van der Waals surface area contributed by atoms with Gasteiger partial charge in [0.25, 0.3) is 0 Å². The third-order valence-corrected chi connectivity index (χ3v) is 2.86. The normalized spacial score (nSPS) is 19.8. The van der Waals surface area contributed by atoms with E-state index in [2.05, 4.69) is 0 Å². The standard InChI is InChI=1S/C11H19F3N2/c1-10(2,7-15)8-16-5-3-9(4-6-16)11(12,13)14/h3H,4-8,15H2,1-2H3. The first-order valence-electron chi connectivity index (χ1n) is 5.43. The summed E-state index contributed by atoms with van der Waals surface area (Å²) in [6, 6.07) is 0. The minimum absolute atomic E-state index is 0.0381. The Morgan fingerprint density at radius 2 is 2.00 bits per heavy atom. The Morgan fingerprint density at radius 3 is 2.38 bits per heavy atom. The van der Waals surface area contributed by atoms with Crippen molar-refractivity contribution in [2.24, 2.45) is 11.1 Å². The molecule has 16 heavy (non-hydrogen) atoms. The second kappa shape index (κ2) is 4.75. The molecular formula is C11H19F3N2. The third kappa shape index (κ3) is 3.79. The molecule has 1 heterocycles. The van der Waals surface area contributed by atoms with Gasteiger partial charge in [0.15, 0.2) is 0 Å². The van der Waals surface area contributed by atoms with Crippen molar-refractivity contribution in [3.8, 4) is 0 Å². The number of nitrogens with two attached hydrogens (primary N) is 1. The number of halogens is 3. The maximum atomic E-state index is 12.4. The smallest absolute Gasteiger partial charge is 0.330 e. The Balaban J connectivity index is 2.52. The zero-order valence-corrected chi connectivity index (χ0v) is 9.77. The lowest BCUT2D eigenvalue weighted by molar-refractivity contribution is -0.0962. The van der Waals surface area contributed by atoms with Crippen molar-refractivity contribution in [3.63, 3.8) is 0 Å². The first-order chi connectivity index (χ1) is 7.24. The Bertz CT molecular complexity index is 269. The fourth-order valence-electron chi connectivity index (χ4n) is 1.78. The van der Waals surface area contributed by atoms with E-state index in [9.17, 15) is 13.2 Å². The van der Waals surface area contributed by atoms with Gasteiger partial charge in [-0.05, 0) is 18.4 Å². The fourth-order valence-corrected chi connectivity index (χ4v) is 1.78. The Morgan fingerprint density at radius 1 is 1.38 bits per heavy atom. The molecule has 1 rings (SSSR count). The molecule has 2 nitrogen and oxygen atoms in total. The molecule has 94 valence electrons. The maximum absolute atomic E-state index is 12.4. The van der Waals surface area contributed by atoms with Crippen molar-refractivity contribution in [1.82, 2.24) is 4.90 Å². The van der Waals surface area contributed by atoms with Crippen LogP contribution in [0.15, 0.2) is 11.6 Å². The lowest BCUT2D eigenvalue weighted by Crippen LogP contribution is -2.41. The molecule has 0 atom stereocenters. The van der Waals surface area contributed by atoms with E-state index >= 15 is 0 Å². The van der Waals surface area contributed by atoms with Crippen LogP contribution < -0.4 is 5.73 Å². The van der Waals surface area contributed by atoms with Gasteiger partial charge in [-0.15, -0.1) is 0 Å². The van der Waals surface area contributed by atoms with E-state index in [4.69, 9.17) is 5.73 Å². The summed E-state index contributed by atoms with van der Waals surface area (Å²) in [7, 11) is 0. The van der Waals surface area contributed by atoms with Gasteiger partial charge in [-0.2, -0.15) is 13.2 Å². The second-order valence-corrected chi connectivity index (χ2v) is 5.08. The predicted molar refractivity (Wildman–Crippen MR) is 58.0 cm³/mol. The van der Waals surface area contributed by atoms with Crippen LogP contribution in [-0.4, -0.2) is 37.3 Å². The molecule has 0 spiro atoms. The van der Waals surface area contributed by atoms with Crippen LogP contribution in [0.2, 0.25) is 0 Å². The van der Waals surface area contributed by atoms with Crippen molar-refractivity contribution in [2.75, 3.05) is 26.2 Å². The summed E-state index contributed by atoms with van der Waals surface area (Å²) in [6.45, 7) is 6.17. The largest absolute Gasteiger partial charge is 0.412 e. The fraction of sp³-hybridized carbons (Fsp3) is 0.818. The molecule has 0 saturated heterocycles. The molecule has 1 aliphatic rings. The molecule has 0 bridgehead atoms. The number of hydrogen-bond donors (Lipinski definition) is 1. The highest BCUT2D eigenvalue weighted by molar-refractivity contribution is 5.13. The topological polar surface area (TPSA) is 29.3 Å². The number of alkyl halides is 3. The molecule has 0 aromatic rings. The van der Waals surface area contributed by atoms with Gasteiger partial charge < -0.3 is 5.73 Å². The molecule has 0 amide bonds. The highest BCUT2D eigenvalue weighted by Crippen LogP contribution is 2.30. The van der Waals surface area contributed by atoms with Crippen LogP contribution in [0.1, 0.15) is 20.3 Å². The van der Waals surface area contributed by atoms with Gasteiger partial charge in [-0.25, -0.2) is 0 Å². The van der Waals surface area contributed by atoms with Gasteiger partial charge in [0.05, 0.1) is 0 Å². The van der Waals surface area contributed by atoms with Crippen molar-refractivity contribution >= 4 is 0 Å². The van der Waals surface area contributed by atoms with Gasteiger partial charge >= 0.3 is 6.18 Å². The van der Waals surface area contributed by atoms with Gasteiger partial charge in [0.1, 0.15) is 0 Å². The number of rotatable bonds is 3. The molecule has 0 unspecified atom stereocenters. The van der Waals surface area contributed by atoms with Crippen LogP contribution in [0.4, 0.5) is 13.2 Å². The molecule has 0 aromatic carbocycles. The summed E-state index contributed by atoms with van der Waals surface area (Å²) in [5.74, 6) is 0. The van der Waals surface area contributed by atoms with Gasteiger partial charge in [0.2, 0.25) is 0 Å². The van der Waals surface area contributed by atoms with E-state index in [1.807, 2.05) is 18.7 Å². The predicted octanol–water partition coefficient (Wildman–Crippen LogP) is 2.17. The Labute approximate surface area is 94.3 Å². The zero-order valence-electron chi connectivity index (χ0n) is 9.77. The van der Waals surface area contributed by atoms with E-state index in [1.54, 1.807) is 0 Å². The van der Waals surface area contributed by atoms with Crippen LogP contribution in [-0.2, 0) is 0 Å². The molecule has 5 heteroatoms. The summed E-state index contributed by atoms with van der Waals surface area (Å²) in [5, 5.41) is 0. The van der Waals surface area contributed by atoms with E-state index < -0.39 is 11.7 Å². The quantitative estimate of drug-likeness (QED) is 0.761.